The van der Waals surface area contributed by atoms with Crippen LogP contribution in [0.1, 0.15) is 47.6 Å². The molecule has 6 nitrogen and oxygen atoms in total. The Balaban J connectivity index is 1.34. The highest BCUT2D eigenvalue weighted by molar-refractivity contribution is 5.94. The molecule has 2 heterocycles. The highest BCUT2D eigenvalue weighted by atomic mass is 19.1. The molecule has 4 rings (SSSR count). The number of rotatable bonds is 5. The van der Waals surface area contributed by atoms with E-state index in [9.17, 15) is 9.18 Å². The smallest absolute Gasteiger partial charge is 0.251 e. The fraction of sp³-hybridized carbons (Fsp3) is 0.348. The van der Waals surface area contributed by atoms with Crippen molar-refractivity contribution in [2.24, 2.45) is 0 Å². The molecule has 0 aliphatic carbocycles. The van der Waals surface area contributed by atoms with Gasteiger partial charge in [-0.3, -0.25) is 9.69 Å². The van der Waals surface area contributed by atoms with Crippen molar-refractivity contribution in [3.63, 3.8) is 0 Å². The topological polar surface area (TPSA) is 71.3 Å². The number of halogens is 1. The Morgan fingerprint density at radius 1 is 1.20 bits per heavy atom. The van der Waals surface area contributed by atoms with Crippen LogP contribution in [0.4, 0.5) is 4.39 Å². The number of aromatic nitrogens is 2. The summed E-state index contributed by atoms with van der Waals surface area (Å²) in [4.78, 5) is 19.1. The molecule has 1 aliphatic rings. The van der Waals surface area contributed by atoms with Crippen LogP contribution in [0.2, 0.25) is 0 Å². The summed E-state index contributed by atoms with van der Waals surface area (Å²) in [5.74, 6) is 0.722. The lowest BCUT2D eigenvalue weighted by Crippen LogP contribution is -2.45. The molecule has 1 saturated heterocycles. The van der Waals surface area contributed by atoms with Crippen LogP contribution in [0.5, 0.6) is 0 Å². The summed E-state index contributed by atoms with van der Waals surface area (Å²) < 4.78 is 19.0. The van der Waals surface area contributed by atoms with Crippen molar-refractivity contribution in [3.8, 4) is 11.4 Å². The number of carbonyl (C=O) groups is 1. The molecule has 0 spiro atoms. The lowest BCUT2D eigenvalue weighted by molar-refractivity contribution is 0.0881. The quantitative estimate of drug-likeness (QED) is 0.687. The van der Waals surface area contributed by atoms with Gasteiger partial charge in [-0.25, -0.2) is 4.39 Å². The summed E-state index contributed by atoms with van der Waals surface area (Å²) in [6, 6.07) is 14.2. The van der Waals surface area contributed by atoms with Crippen molar-refractivity contribution < 1.29 is 13.7 Å². The molecular weight excluding hydrogens is 383 g/mol. The molecule has 1 aromatic heterocycles. The number of hydrogen-bond donors (Lipinski definition) is 1. The predicted molar refractivity (Wildman–Crippen MR) is 111 cm³/mol. The molecule has 156 valence electrons. The zero-order valence-electron chi connectivity index (χ0n) is 17.1. The number of nitrogens with zero attached hydrogens (tertiary/aromatic N) is 3. The first-order valence-electron chi connectivity index (χ1n) is 10.2. The van der Waals surface area contributed by atoms with Crippen LogP contribution in [0, 0.1) is 12.7 Å². The summed E-state index contributed by atoms with van der Waals surface area (Å²) in [5.41, 5.74) is 1.97. The molecule has 1 N–H and O–H groups in total. The zero-order valence-corrected chi connectivity index (χ0v) is 17.1. The Morgan fingerprint density at radius 3 is 2.63 bits per heavy atom. The van der Waals surface area contributed by atoms with Gasteiger partial charge in [-0.05, 0) is 62.6 Å². The Kier molecular flexibility index (Phi) is 5.90. The maximum atomic E-state index is 13.5. The summed E-state index contributed by atoms with van der Waals surface area (Å²) in [5, 5.41) is 7.19. The number of likely N-dealkylation sites (tertiary alicyclic amines) is 1. The second kappa shape index (κ2) is 8.75. The van der Waals surface area contributed by atoms with Crippen LogP contribution in [0.25, 0.3) is 11.4 Å². The van der Waals surface area contributed by atoms with Gasteiger partial charge in [0.05, 0.1) is 6.04 Å². The van der Waals surface area contributed by atoms with Gasteiger partial charge >= 0.3 is 0 Å². The van der Waals surface area contributed by atoms with Gasteiger partial charge in [0.25, 0.3) is 5.91 Å². The minimum atomic E-state index is -0.252. The number of benzene rings is 2. The molecule has 0 bridgehead atoms. The van der Waals surface area contributed by atoms with E-state index in [0.29, 0.717) is 22.8 Å². The van der Waals surface area contributed by atoms with E-state index >= 15 is 0 Å². The SMILES string of the molecule is Cc1cc(-c2noc(C(C)N3CCC(NC(=O)c4ccccc4)CC3)n2)ccc1F. The van der Waals surface area contributed by atoms with Crippen molar-refractivity contribution in [3.05, 3.63) is 71.4 Å². The highest BCUT2D eigenvalue weighted by Gasteiger charge is 2.27. The van der Waals surface area contributed by atoms with E-state index in [1.54, 1.807) is 19.1 Å². The van der Waals surface area contributed by atoms with Crippen LogP contribution in [-0.4, -0.2) is 40.1 Å². The zero-order chi connectivity index (χ0) is 21.1. The Hall–Kier alpha value is -3.06. The lowest BCUT2D eigenvalue weighted by atomic mass is 10.0. The maximum Gasteiger partial charge on any atom is 0.251 e. The summed E-state index contributed by atoms with van der Waals surface area (Å²) in [6.45, 7) is 5.40. The predicted octanol–water partition coefficient (Wildman–Crippen LogP) is 4.14. The summed E-state index contributed by atoms with van der Waals surface area (Å²) in [7, 11) is 0. The van der Waals surface area contributed by atoms with Gasteiger partial charge in [-0.2, -0.15) is 4.98 Å². The number of hydrogen-bond acceptors (Lipinski definition) is 5. The minimum absolute atomic E-state index is 0.0291. The van der Waals surface area contributed by atoms with Crippen molar-refractivity contribution in [1.82, 2.24) is 20.4 Å². The Bertz CT molecular complexity index is 1010. The van der Waals surface area contributed by atoms with Gasteiger partial charge in [-0.1, -0.05) is 23.4 Å². The van der Waals surface area contributed by atoms with E-state index in [2.05, 4.69) is 20.4 Å². The number of piperidine rings is 1. The monoisotopic (exact) mass is 408 g/mol. The molecule has 1 unspecified atom stereocenters. The van der Waals surface area contributed by atoms with Crippen molar-refractivity contribution in [1.29, 1.82) is 0 Å². The third-order valence-corrected chi connectivity index (χ3v) is 5.66. The number of amides is 1. The lowest BCUT2D eigenvalue weighted by Gasteiger charge is -2.34. The first-order chi connectivity index (χ1) is 14.5. The van der Waals surface area contributed by atoms with Gasteiger partial charge in [0.2, 0.25) is 11.7 Å². The molecule has 3 aromatic rings. The van der Waals surface area contributed by atoms with E-state index in [-0.39, 0.29) is 23.8 Å². The average Bonchev–Trinajstić information content (AvgIpc) is 3.26. The summed E-state index contributed by atoms with van der Waals surface area (Å²) >= 11 is 0. The highest BCUT2D eigenvalue weighted by Crippen LogP contribution is 2.26. The normalized spacial score (nSPS) is 16.4. The summed E-state index contributed by atoms with van der Waals surface area (Å²) in [6.07, 6.45) is 1.72. The van der Waals surface area contributed by atoms with Gasteiger partial charge in [0, 0.05) is 30.3 Å². The molecule has 2 aromatic carbocycles. The first-order valence-corrected chi connectivity index (χ1v) is 10.2. The second-order valence-electron chi connectivity index (χ2n) is 7.75. The van der Waals surface area contributed by atoms with Crippen molar-refractivity contribution in [2.75, 3.05) is 13.1 Å². The largest absolute Gasteiger partial charge is 0.349 e. The maximum absolute atomic E-state index is 13.5. The molecule has 0 radical (unpaired) electrons. The Morgan fingerprint density at radius 2 is 1.93 bits per heavy atom. The molecular formula is C23H25FN4O2. The van der Waals surface area contributed by atoms with Gasteiger partial charge in [-0.15, -0.1) is 0 Å². The first kappa shape index (κ1) is 20.2. The van der Waals surface area contributed by atoms with Gasteiger partial charge in [0.15, 0.2) is 0 Å². The average molecular weight is 408 g/mol. The Labute approximate surface area is 175 Å². The fourth-order valence-corrected chi connectivity index (χ4v) is 3.75. The number of nitrogens with one attached hydrogen (secondary N) is 1. The second-order valence-corrected chi connectivity index (χ2v) is 7.75. The molecule has 1 atom stereocenters. The third-order valence-electron chi connectivity index (χ3n) is 5.66. The molecule has 1 amide bonds. The molecule has 30 heavy (non-hydrogen) atoms. The van der Waals surface area contributed by atoms with Gasteiger partial charge in [0.1, 0.15) is 5.82 Å². The molecule has 0 saturated carbocycles. The van der Waals surface area contributed by atoms with E-state index < -0.39 is 0 Å². The molecule has 7 heteroatoms. The van der Waals surface area contributed by atoms with Crippen LogP contribution >= 0.6 is 0 Å². The van der Waals surface area contributed by atoms with E-state index in [4.69, 9.17) is 4.52 Å². The molecule has 1 fully saturated rings. The number of aryl methyl sites for hydroxylation is 1. The van der Waals surface area contributed by atoms with E-state index in [0.717, 1.165) is 31.5 Å². The fourth-order valence-electron chi connectivity index (χ4n) is 3.75. The van der Waals surface area contributed by atoms with Crippen molar-refractivity contribution >= 4 is 5.91 Å². The van der Waals surface area contributed by atoms with Crippen LogP contribution in [0.15, 0.2) is 53.1 Å². The number of carbonyl (C=O) groups excluding carboxylic acids is 1. The molecule has 1 aliphatic heterocycles. The van der Waals surface area contributed by atoms with Gasteiger partial charge < -0.3 is 9.84 Å². The third kappa shape index (κ3) is 4.41. The van der Waals surface area contributed by atoms with Crippen LogP contribution in [0.3, 0.4) is 0 Å². The minimum Gasteiger partial charge on any atom is -0.349 e. The van der Waals surface area contributed by atoms with Crippen LogP contribution in [-0.2, 0) is 0 Å². The van der Waals surface area contributed by atoms with E-state index in [1.165, 1.54) is 6.07 Å². The van der Waals surface area contributed by atoms with Crippen LogP contribution < -0.4 is 5.32 Å². The standard InChI is InChI=1S/C23H25FN4O2/c1-15-14-18(8-9-20(15)24)21-26-23(30-27-21)16(2)28-12-10-19(11-13-28)25-22(29)17-6-4-3-5-7-17/h3-9,14,16,19H,10-13H2,1-2H3,(H,25,29). The van der Waals surface area contributed by atoms with Crippen molar-refractivity contribution in [2.45, 2.75) is 38.8 Å². The van der Waals surface area contributed by atoms with E-state index in [1.807, 2.05) is 37.3 Å².